The number of hydrogen-bond donors (Lipinski definition) is 2. The smallest absolute Gasteiger partial charge is 0.0798 e. The Kier molecular flexibility index (Phi) is 4.59. The van der Waals surface area contributed by atoms with Crippen molar-refractivity contribution in [1.82, 2.24) is 10.4 Å². The molecule has 0 aliphatic heterocycles. The number of hydrogen-bond acceptors (Lipinski definition) is 4. The predicted molar refractivity (Wildman–Crippen MR) is 77.1 cm³/mol. The first-order valence-electron chi connectivity index (χ1n) is 5.42. The molecule has 1 atom stereocenters. The molecule has 0 amide bonds. The normalized spacial score (nSPS) is 12.7. The van der Waals surface area contributed by atoms with Gasteiger partial charge >= 0.3 is 0 Å². The minimum atomic E-state index is -0.00605. The third-order valence-corrected chi connectivity index (χ3v) is 4.66. The molecule has 1 heterocycles. The summed E-state index contributed by atoms with van der Waals surface area (Å²) < 4.78 is 0. The van der Waals surface area contributed by atoms with Crippen molar-refractivity contribution in [3.8, 4) is 0 Å². The van der Waals surface area contributed by atoms with Gasteiger partial charge in [0.1, 0.15) is 0 Å². The zero-order valence-corrected chi connectivity index (χ0v) is 12.1. The van der Waals surface area contributed by atoms with Gasteiger partial charge in [-0.3, -0.25) is 11.3 Å². The second-order valence-corrected chi connectivity index (χ2v) is 5.61. The van der Waals surface area contributed by atoms with Crippen molar-refractivity contribution in [2.45, 2.75) is 19.4 Å². The Labute approximate surface area is 120 Å². The van der Waals surface area contributed by atoms with Crippen LogP contribution in [0.2, 0.25) is 10.0 Å². The first-order valence-corrected chi connectivity index (χ1v) is 7.06. The molecule has 3 nitrogen and oxygen atoms in total. The zero-order chi connectivity index (χ0) is 13.1. The Morgan fingerprint density at radius 3 is 2.83 bits per heavy atom. The van der Waals surface area contributed by atoms with Crippen molar-refractivity contribution in [2.24, 2.45) is 5.84 Å². The first kappa shape index (κ1) is 13.8. The molecule has 1 aromatic carbocycles. The number of hydrazine groups is 1. The van der Waals surface area contributed by atoms with Crippen LogP contribution < -0.4 is 11.3 Å². The van der Waals surface area contributed by atoms with E-state index in [1.807, 2.05) is 24.6 Å². The number of rotatable bonds is 4. The van der Waals surface area contributed by atoms with Gasteiger partial charge in [0, 0.05) is 4.88 Å². The van der Waals surface area contributed by atoms with Crippen LogP contribution in [0.25, 0.3) is 0 Å². The van der Waals surface area contributed by atoms with Gasteiger partial charge in [-0.25, -0.2) is 4.98 Å². The minimum absolute atomic E-state index is 0.00605. The first-order chi connectivity index (χ1) is 8.63. The molecule has 0 fully saturated rings. The van der Waals surface area contributed by atoms with Gasteiger partial charge in [0.25, 0.3) is 0 Å². The number of halogens is 2. The summed E-state index contributed by atoms with van der Waals surface area (Å²) in [4.78, 5) is 5.35. The van der Waals surface area contributed by atoms with Crippen LogP contribution in [0.4, 0.5) is 0 Å². The molecule has 0 saturated heterocycles. The molecule has 0 saturated carbocycles. The molecule has 0 bridgehead atoms. The standard InChI is InChI=1S/C12H13Cl2N3S/c1-7-12(18-6-16-7)10(17-15)5-8-3-2-4-9(13)11(8)14/h2-4,6,10,17H,5,15H2,1H3. The maximum Gasteiger partial charge on any atom is 0.0798 e. The summed E-state index contributed by atoms with van der Waals surface area (Å²) in [5.74, 6) is 5.62. The number of nitrogens with zero attached hydrogens (tertiary/aromatic N) is 1. The van der Waals surface area contributed by atoms with E-state index in [2.05, 4.69) is 10.4 Å². The van der Waals surface area contributed by atoms with Crippen LogP contribution in [-0.4, -0.2) is 4.98 Å². The summed E-state index contributed by atoms with van der Waals surface area (Å²) in [5, 5.41) is 1.15. The van der Waals surface area contributed by atoms with Crippen molar-refractivity contribution in [3.05, 3.63) is 49.9 Å². The Bertz CT molecular complexity index is 542. The van der Waals surface area contributed by atoms with Crippen molar-refractivity contribution < 1.29 is 0 Å². The molecule has 1 aromatic heterocycles. The lowest BCUT2D eigenvalue weighted by atomic mass is 10.0. The molecule has 2 aromatic rings. The van der Waals surface area contributed by atoms with Crippen LogP contribution in [0.1, 0.15) is 22.2 Å². The average Bonchev–Trinajstić information content (AvgIpc) is 2.77. The Morgan fingerprint density at radius 2 is 2.22 bits per heavy atom. The van der Waals surface area contributed by atoms with Crippen molar-refractivity contribution in [3.63, 3.8) is 0 Å². The summed E-state index contributed by atoms with van der Waals surface area (Å²) in [6, 6.07) is 5.61. The molecule has 18 heavy (non-hydrogen) atoms. The largest absolute Gasteiger partial charge is 0.271 e. The molecule has 1 unspecified atom stereocenters. The molecule has 0 spiro atoms. The molecule has 0 aliphatic carbocycles. The SMILES string of the molecule is Cc1ncsc1C(Cc1cccc(Cl)c1Cl)NN. The van der Waals surface area contributed by atoms with E-state index in [9.17, 15) is 0 Å². The van der Waals surface area contributed by atoms with Gasteiger partial charge in [-0.15, -0.1) is 11.3 Å². The number of aromatic nitrogens is 1. The van der Waals surface area contributed by atoms with Crippen LogP contribution in [-0.2, 0) is 6.42 Å². The summed E-state index contributed by atoms with van der Waals surface area (Å²) in [7, 11) is 0. The number of thiazole rings is 1. The molecular weight excluding hydrogens is 289 g/mol. The maximum absolute atomic E-state index is 6.18. The fourth-order valence-electron chi connectivity index (χ4n) is 1.80. The second-order valence-electron chi connectivity index (χ2n) is 3.94. The number of aryl methyl sites for hydroxylation is 1. The van der Waals surface area contributed by atoms with Gasteiger partial charge in [-0.1, -0.05) is 35.3 Å². The average molecular weight is 302 g/mol. The highest BCUT2D eigenvalue weighted by molar-refractivity contribution is 7.09. The van der Waals surface area contributed by atoms with Crippen molar-refractivity contribution in [2.75, 3.05) is 0 Å². The Hall–Kier alpha value is -0.650. The molecular formula is C12H13Cl2N3S. The highest BCUT2D eigenvalue weighted by atomic mass is 35.5. The fraction of sp³-hybridized carbons (Fsp3) is 0.250. The minimum Gasteiger partial charge on any atom is -0.271 e. The quantitative estimate of drug-likeness (QED) is 0.671. The van der Waals surface area contributed by atoms with E-state index in [1.54, 1.807) is 17.4 Å². The van der Waals surface area contributed by atoms with Crippen LogP contribution in [0, 0.1) is 6.92 Å². The van der Waals surface area contributed by atoms with E-state index in [-0.39, 0.29) is 6.04 Å². The number of nitrogens with one attached hydrogen (secondary N) is 1. The van der Waals surface area contributed by atoms with Gasteiger partial charge < -0.3 is 0 Å². The van der Waals surface area contributed by atoms with Gasteiger partial charge in [0.05, 0.1) is 27.3 Å². The van der Waals surface area contributed by atoms with E-state index in [0.29, 0.717) is 16.5 Å². The Morgan fingerprint density at radius 1 is 1.44 bits per heavy atom. The highest BCUT2D eigenvalue weighted by Gasteiger charge is 2.17. The van der Waals surface area contributed by atoms with Crippen molar-refractivity contribution >= 4 is 34.5 Å². The number of benzene rings is 1. The third-order valence-electron chi connectivity index (χ3n) is 2.76. The fourth-order valence-corrected chi connectivity index (χ4v) is 3.06. The van der Waals surface area contributed by atoms with Crippen LogP contribution in [0.15, 0.2) is 23.7 Å². The number of nitrogens with two attached hydrogens (primary N) is 1. The molecule has 6 heteroatoms. The lowest BCUT2D eigenvalue weighted by Crippen LogP contribution is -2.29. The zero-order valence-electron chi connectivity index (χ0n) is 9.78. The summed E-state index contributed by atoms with van der Waals surface area (Å²) in [6.45, 7) is 1.97. The molecule has 2 rings (SSSR count). The topological polar surface area (TPSA) is 50.9 Å². The second kappa shape index (κ2) is 5.99. The van der Waals surface area contributed by atoms with Gasteiger partial charge in [-0.05, 0) is 25.0 Å². The molecule has 0 radical (unpaired) electrons. The van der Waals surface area contributed by atoms with Crippen LogP contribution >= 0.6 is 34.5 Å². The summed E-state index contributed by atoms with van der Waals surface area (Å²) in [5.41, 5.74) is 6.58. The van der Waals surface area contributed by atoms with Crippen LogP contribution in [0.5, 0.6) is 0 Å². The molecule has 3 N–H and O–H groups in total. The maximum atomic E-state index is 6.18. The predicted octanol–water partition coefficient (Wildman–Crippen LogP) is 3.51. The lowest BCUT2D eigenvalue weighted by molar-refractivity contribution is 0.557. The van der Waals surface area contributed by atoms with E-state index in [1.165, 1.54) is 0 Å². The van der Waals surface area contributed by atoms with E-state index >= 15 is 0 Å². The van der Waals surface area contributed by atoms with E-state index < -0.39 is 0 Å². The Balaban J connectivity index is 2.26. The van der Waals surface area contributed by atoms with Crippen molar-refractivity contribution in [1.29, 1.82) is 0 Å². The lowest BCUT2D eigenvalue weighted by Gasteiger charge is -2.16. The van der Waals surface area contributed by atoms with Gasteiger partial charge in [0.15, 0.2) is 0 Å². The van der Waals surface area contributed by atoms with Crippen LogP contribution in [0.3, 0.4) is 0 Å². The summed E-state index contributed by atoms with van der Waals surface area (Å²) in [6.07, 6.45) is 0.679. The van der Waals surface area contributed by atoms with E-state index in [4.69, 9.17) is 29.0 Å². The third kappa shape index (κ3) is 2.84. The highest BCUT2D eigenvalue weighted by Crippen LogP contribution is 2.30. The van der Waals surface area contributed by atoms with Gasteiger partial charge in [0.2, 0.25) is 0 Å². The van der Waals surface area contributed by atoms with Gasteiger partial charge in [-0.2, -0.15) is 0 Å². The molecule has 96 valence electrons. The van der Waals surface area contributed by atoms with E-state index in [0.717, 1.165) is 16.1 Å². The molecule has 0 aliphatic rings. The monoisotopic (exact) mass is 301 g/mol. The summed E-state index contributed by atoms with van der Waals surface area (Å²) >= 11 is 13.8.